The van der Waals surface area contributed by atoms with Gasteiger partial charge < -0.3 is 8.94 Å². The van der Waals surface area contributed by atoms with Crippen molar-refractivity contribution in [3.05, 3.63) is 36.2 Å². The van der Waals surface area contributed by atoms with E-state index in [1.807, 2.05) is 19.1 Å². The molecule has 0 aliphatic rings. The second kappa shape index (κ2) is 5.83. The summed E-state index contributed by atoms with van der Waals surface area (Å²) >= 11 is 1.36. The number of nitrogens with zero attached hydrogens (tertiary/aromatic N) is 5. The van der Waals surface area contributed by atoms with Gasteiger partial charge in [0.25, 0.3) is 5.22 Å². The molecule has 3 aromatic rings. The van der Waals surface area contributed by atoms with Crippen LogP contribution in [0.15, 0.2) is 38.7 Å². The van der Waals surface area contributed by atoms with Crippen LogP contribution in [-0.2, 0) is 12.2 Å². The Bertz CT molecular complexity index is 682. The van der Waals surface area contributed by atoms with Gasteiger partial charge in [0.05, 0.1) is 11.3 Å². The van der Waals surface area contributed by atoms with E-state index >= 15 is 0 Å². The summed E-state index contributed by atoms with van der Waals surface area (Å²) < 4.78 is 10.6. The fourth-order valence-electron chi connectivity index (χ4n) is 1.49. The number of aromatic nitrogens is 5. The number of pyridine rings is 1. The van der Waals surface area contributed by atoms with Gasteiger partial charge >= 0.3 is 0 Å². The van der Waals surface area contributed by atoms with Crippen molar-refractivity contribution in [1.82, 2.24) is 25.3 Å². The molecule has 0 spiro atoms. The van der Waals surface area contributed by atoms with Crippen LogP contribution < -0.4 is 0 Å². The molecule has 0 saturated carbocycles. The SMILES string of the molecule is CCc1noc(CSc2nnc(-c3cccnc3)o2)n1. The summed E-state index contributed by atoms with van der Waals surface area (Å²) in [6, 6.07) is 3.68. The molecule has 0 aromatic carbocycles. The van der Waals surface area contributed by atoms with Crippen LogP contribution in [0.2, 0.25) is 0 Å². The summed E-state index contributed by atoms with van der Waals surface area (Å²) in [5.74, 6) is 2.19. The van der Waals surface area contributed by atoms with E-state index in [0.717, 1.165) is 12.0 Å². The topological polar surface area (TPSA) is 90.7 Å². The third-order valence-electron chi connectivity index (χ3n) is 2.46. The van der Waals surface area contributed by atoms with E-state index in [1.54, 1.807) is 12.4 Å². The van der Waals surface area contributed by atoms with Crippen molar-refractivity contribution >= 4 is 11.8 Å². The Balaban J connectivity index is 1.65. The van der Waals surface area contributed by atoms with Crippen LogP contribution in [0.3, 0.4) is 0 Å². The van der Waals surface area contributed by atoms with Gasteiger partial charge in [-0.2, -0.15) is 4.98 Å². The highest BCUT2D eigenvalue weighted by atomic mass is 32.2. The van der Waals surface area contributed by atoms with Gasteiger partial charge in [-0.3, -0.25) is 4.98 Å². The summed E-state index contributed by atoms with van der Waals surface area (Å²) in [6.45, 7) is 1.97. The first-order valence-corrected chi connectivity index (χ1v) is 7.02. The van der Waals surface area contributed by atoms with E-state index in [0.29, 0.717) is 28.6 Å². The molecule has 0 saturated heterocycles. The minimum absolute atomic E-state index is 0.445. The maximum atomic E-state index is 5.54. The van der Waals surface area contributed by atoms with E-state index in [-0.39, 0.29) is 0 Å². The first-order chi connectivity index (χ1) is 9.85. The number of thioether (sulfide) groups is 1. The molecule has 0 bridgehead atoms. The number of hydrogen-bond acceptors (Lipinski definition) is 8. The van der Waals surface area contributed by atoms with E-state index in [1.165, 1.54) is 11.8 Å². The molecule has 20 heavy (non-hydrogen) atoms. The van der Waals surface area contributed by atoms with Crippen LogP contribution in [0.4, 0.5) is 0 Å². The lowest BCUT2D eigenvalue weighted by Crippen LogP contribution is -1.84. The van der Waals surface area contributed by atoms with Crippen LogP contribution in [0, 0.1) is 0 Å². The Morgan fingerprint density at radius 1 is 1.30 bits per heavy atom. The fourth-order valence-corrected chi connectivity index (χ4v) is 2.09. The van der Waals surface area contributed by atoms with Gasteiger partial charge in [-0.25, -0.2) is 0 Å². The molecule has 0 aliphatic heterocycles. The van der Waals surface area contributed by atoms with E-state index in [4.69, 9.17) is 8.94 Å². The Labute approximate surface area is 118 Å². The lowest BCUT2D eigenvalue weighted by Gasteiger charge is -1.92. The second-order valence-electron chi connectivity index (χ2n) is 3.86. The zero-order valence-electron chi connectivity index (χ0n) is 10.7. The standard InChI is InChI=1S/C12H11N5O2S/c1-2-9-14-10(19-17-9)7-20-12-16-15-11(18-12)8-4-3-5-13-6-8/h3-6H,2,7H2,1H3. The zero-order valence-corrected chi connectivity index (χ0v) is 11.5. The van der Waals surface area contributed by atoms with Gasteiger partial charge in [-0.05, 0) is 12.1 Å². The van der Waals surface area contributed by atoms with Crippen LogP contribution in [0.5, 0.6) is 0 Å². The van der Waals surface area contributed by atoms with Gasteiger partial charge in [0.15, 0.2) is 5.82 Å². The molecule has 0 amide bonds. The van der Waals surface area contributed by atoms with Crippen molar-refractivity contribution in [3.63, 3.8) is 0 Å². The average molecular weight is 289 g/mol. The third kappa shape index (κ3) is 2.85. The number of aryl methyl sites for hydroxylation is 1. The Morgan fingerprint density at radius 3 is 3.00 bits per heavy atom. The van der Waals surface area contributed by atoms with Gasteiger partial charge in [0.1, 0.15) is 0 Å². The lowest BCUT2D eigenvalue weighted by atomic mass is 10.3. The molecule has 8 heteroatoms. The largest absolute Gasteiger partial charge is 0.411 e. The molecular weight excluding hydrogens is 278 g/mol. The Morgan fingerprint density at radius 2 is 2.25 bits per heavy atom. The Hall–Kier alpha value is -2.22. The quantitative estimate of drug-likeness (QED) is 0.661. The van der Waals surface area contributed by atoms with Gasteiger partial charge in [0.2, 0.25) is 11.8 Å². The van der Waals surface area contributed by atoms with Crippen molar-refractivity contribution in [2.24, 2.45) is 0 Å². The molecule has 0 aliphatic carbocycles. The summed E-state index contributed by atoms with van der Waals surface area (Å²) in [5.41, 5.74) is 0.790. The molecule has 0 atom stereocenters. The van der Waals surface area contributed by atoms with Crippen molar-refractivity contribution in [1.29, 1.82) is 0 Å². The first-order valence-electron chi connectivity index (χ1n) is 6.03. The van der Waals surface area contributed by atoms with Gasteiger partial charge in [0, 0.05) is 18.8 Å². The number of hydrogen-bond donors (Lipinski definition) is 0. The van der Waals surface area contributed by atoms with Crippen LogP contribution in [-0.4, -0.2) is 25.3 Å². The lowest BCUT2D eigenvalue weighted by molar-refractivity contribution is 0.384. The van der Waals surface area contributed by atoms with E-state index < -0.39 is 0 Å². The second-order valence-corrected chi connectivity index (χ2v) is 4.79. The molecule has 3 aromatic heterocycles. The summed E-state index contributed by atoms with van der Waals surface area (Å²) in [7, 11) is 0. The van der Waals surface area contributed by atoms with Gasteiger partial charge in [-0.15, -0.1) is 10.2 Å². The Kier molecular flexibility index (Phi) is 3.73. The third-order valence-corrected chi connectivity index (χ3v) is 3.26. The maximum Gasteiger partial charge on any atom is 0.277 e. The maximum absolute atomic E-state index is 5.54. The van der Waals surface area contributed by atoms with Crippen molar-refractivity contribution in [3.8, 4) is 11.5 Å². The van der Waals surface area contributed by atoms with Crippen LogP contribution in [0.25, 0.3) is 11.5 Å². The smallest absolute Gasteiger partial charge is 0.277 e. The van der Waals surface area contributed by atoms with Crippen LogP contribution >= 0.6 is 11.8 Å². The van der Waals surface area contributed by atoms with Gasteiger partial charge in [-0.1, -0.05) is 23.8 Å². The van der Waals surface area contributed by atoms with E-state index in [2.05, 4.69) is 25.3 Å². The molecule has 0 unspecified atom stereocenters. The predicted molar refractivity (Wildman–Crippen MR) is 70.8 cm³/mol. The predicted octanol–water partition coefficient (Wildman–Crippen LogP) is 2.37. The van der Waals surface area contributed by atoms with Crippen molar-refractivity contribution in [2.45, 2.75) is 24.3 Å². The summed E-state index contributed by atoms with van der Waals surface area (Å²) in [5, 5.41) is 12.2. The summed E-state index contributed by atoms with van der Waals surface area (Å²) in [6.07, 6.45) is 4.11. The minimum atomic E-state index is 0.445. The minimum Gasteiger partial charge on any atom is -0.411 e. The molecule has 3 rings (SSSR count). The summed E-state index contributed by atoms with van der Waals surface area (Å²) in [4.78, 5) is 8.22. The van der Waals surface area contributed by atoms with Crippen molar-refractivity contribution in [2.75, 3.05) is 0 Å². The van der Waals surface area contributed by atoms with Crippen LogP contribution in [0.1, 0.15) is 18.6 Å². The van der Waals surface area contributed by atoms with E-state index in [9.17, 15) is 0 Å². The monoisotopic (exact) mass is 289 g/mol. The highest BCUT2D eigenvalue weighted by Crippen LogP contribution is 2.24. The average Bonchev–Trinajstić information content (AvgIpc) is 3.15. The molecule has 7 nitrogen and oxygen atoms in total. The first kappa shape index (κ1) is 12.8. The fraction of sp³-hybridized carbons (Fsp3) is 0.250. The zero-order chi connectivity index (χ0) is 13.8. The molecule has 0 N–H and O–H groups in total. The molecule has 0 radical (unpaired) electrons. The molecule has 0 fully saturated rings. The molecule has 3 heterocycles. The molecule has 102 valence electrons. The number of rotatable bonds is 5. The highest BCUT2D eigenvalue weighted by Gasteiger charge is 2.11. The molecular formula is C12H11N5O2S. The normalized spacial score (nSPS) is 10.8. The van der Waals surface area contributed by atoms with Crippen molar-refractivity contribution < 1.29 is 8.94 Å². The highest BCUT2D eigenvalue weighted by molar-refractivity contribution is 7.98.